The van der Waals surface area contributed by atoms with Gasteiger partial charge in [-0.25, -0.2) is 0 Å². The quantitative estimate of drug-likeness (QED) is 0.383. The average molecular weight is 389 g/mol. The second-order valence-electron chi connectivity index (χ2n) is 4.79. The van der Waals surface area contributed by atoms with Gasteiger partial charge in [-0.3, -0.25) is 4.79 Å². The molecule has 0 aliphatic carbocycles. The summed E-state index contributed by atoms with van der Waals surface area (Å²) in [5.41, 5.74) is 1.30. The van der Waals surface area contributed by atoms with Gasteiger partial charge in [0.25, 0.3) is 0 Å². The number of benzene rings is 1. The van der Waals surface area contributed by atoms with Gasteiger partial charge in [-0.05, 0) is 51.8 Å². The Balaban J connectivity index is 1.66. The highest BCUT2D eigenvalue weighted by Crippen LogP contribution is 2.23. The van der Waals surface area contributed by atoms with Gasteiger partial charge in [-0.2, -0.15) is 0 Å². The predicted octanol–water partition coefficient (Wildman–Crippen LogP) is 6.06. The molecule has 2 aromatic heterocycles. The fourth-order valence-electron chi connectivity index (χ4n) is 2.06. The molecule has 0 saturated heterocycles. The number of carbonyl (C=O) groups excluding carboxylic acids is 1. The first kappa shape index (κ1) is 15.4. The van der Waals surface area contributed by atoms with Gasteiger partial charge >= 0.3 is 0 Å². The van der Waals surface area contributed by atoms with Crippen molar-refractivity contribution in [3.8, 4) is 0 Å². The molecule has 0 saturated carbocycles. The lowest BCUT2D eigenvalue weighted by Crippen LogP contribution is -1.88. The van der Waals surface area contributed by atoms with Crippen LogP contribution in [0.5, 0.6) is 0 Å². The number of allylic oxidation sites excluding steroid dienone is 1. The summed E-state index contributed by atoms with van der Waals surface area (Å²) >= 11 is 6.55. The minimum atomic E-state index is 0.0497. The van der Waals surface area contributed by atoms with Crippen LogP contribution in [-0.4, -0.2) is 5.78 Å². The fourth-order valence-corrected chi connectivity index (χ4v) is 4.36. The predicted molar refractivity (Wildman–Crippen MR) is 99.0 cm³/mol. The third-order valence-electron chi connectivity index (χ3n) is 3.11. The van der Waals surface area contributed by atoms with E-state index in [2.05, 4.69) is 52.3 Å². The second kappa shape index (κ2) is 7.18. The van der Waals surface area contributed by atoms with Gasteiger partial charge in [0, 0.05) is 26.0 Å². The molecule has 1 nitrogen and oxygen atoms in total. The summed E-state index contributed by atoms with van der Waals surface area (Å²) in [5, 5.41) is 1.92. The van der Waals surface area contributed by atoms with Crippen molar-refractivity contribution in [1.29, 1.82) is 0 Å². The van der Waals surface area contributed by atoms with Crippen LogP contribution in [-0.2, 0) is 6.42 Å². The number of halogens is 1. The molecule has 3 aromatic rings. The first-order chi connectivity index (χ1) is 10.7. The Morgan fingerprint density at radius 3 is 2.68 bits per heavy atom. The van der Waals surface area contributed by atoms with E-state index in [1.807, 2.05) is 23.6 Å². The normalized spacial score (nSPS) is 11.1. The Morgan fingerprint density at radius 1 is 1.14 bits per heavy atom. The third kappa shape index (κ3) is 4.03. The number of hydrogen-bond donors (Lipinski definition) is 0. The molecule has 0 aliphatic heterocycles. The Bertz CT molecular complexity index is 799. The zero-order valence-corrected chi connectivity index (χ0v) is 14.9. The van der Waals surface area contributed by atoms with Crippen LogP contribution in [0.25, 0.3) is 6.08 Å². The van der Waals surface area contributed by atoms with E-state index in [9.17, 15) is 4.79 Å². The summed E-state index contributed by atoms with van der Waals surface area (Å²) < 4.78 is 0.954. The van der Waals surface area contributed by atoms with Crippen molar-refractivity contribution >= 4 is 50.5 Å². The van der Waals surface area contributed by atoms with E-state index in [-0.39, 0.29) is 5.78 Å². The first-order valence-electron chi connectivity index (χ1n) is 6.80. The minimum absolute atomic E-state index is 0.0497. The molecule has 22 heavy (non-hydrogen) atoms. The Labute approximate surface area is 146 Å². The minimum Gasteiger partial charge on any atom is -0.288 e. The Morgan fingerprint density at radius 2 is 1.95 bits per heavy atom. The smallest absolute Gasteiger partial charge is 0.195 e. The van der Waals surface area contributed by atoms with E-state index in [0.29, 0.717) is 0 Å². The molecule has 0 unspecified atom stereocenters. The van der Waals surface area contributed by atoms with Crippen molar-refractivity contribution in [2.45, 2.75) is 6.42 Å². The molecule has 3 rings (SSSR count). The van der Waals surface area contributed by atoms with Gasteiger partial charge in [-0.15, -0.1) is 22.7 Å². The maximum Gasteiger partial charge on any atom is 0.195 e. The lowest BCUT2D eigenvalue weighted by molar-refractivity contribution is 0.105. The highest BCUT2D eigenvalue weighted by molar-refractivity contribution is 9.10. The molecular formula is C18H13BrOS2. The summed E-state index contributed by atoms with van der Waals surface area (Å²) in [4.78, 5) is 15.2. The van der Waals surface area contributed by atoms with Crippen molar-refractivity contribution in [3.63, 3.8) is 0 Å². The average Bonchev–Trinajstić information content (AvgIpc) is 3.15. The molecule has 0 spiro atoms. The van der Waals surface area contributed by atoms with Crippen LogP contribution in [0.15, 0.2) is 64.5 Å². The molecule has 0 amide bonds. The molecule has 1 aromatic carbocycles. The van der Waals surface area contributed by atoms with Crippen LogP contribution >= 0.6 is 38.6 Å². The van der Waals surface area contributed by atoms with Crippen molar-refractivity contribution < 1.29 is 4.79 Å². The lowest BCUT2D eigenvalue weighted by Gasteiger charge is -1.96. The third-order valence-corrected chi connectivity index (χ3v) is 5.87. The number of thiophene rings is 2. The van der Waals surface area contributed by atoms with E-state index >= 15 is 0 Å². The standard InChI is InChI=1S/C18H13BrOS2/c19-14-11-18(21-12-14)17(20)9-8-15-6-7-16(22-15)10-13-4-2-1-3-5-13/h1-9,11-12H,10H2/b9-8+. The van der Waals surface area contributed by atoms with Crippen LogP contribution in [0.2, 0.25) is 0 Å². The van der Waals surface area contributed by atoms with Crippen LogP contribution in [0, 0.1) is 0 Å². The second-order valence-corrected chi connectivity index (χ2v) is 7.82. The van der Waals surface area contributed by atoms with Crippen LogP contribution in [0.3, 0.4) is 0 Å². The highest BCUT2D eigenvalue weighted by atomic mass is 79.9. The number of rotatable bonds is 5. The molecule has 0 aliphatic rings. The zero-order chi connectivity index (χ0) is 15.4. The Kier molecular flexibility index (Phi) is 5.03. The van der Waals surface area contributed by atoms with E-state index in [4.69, 9.17) is 0 Å². The van der Waals surface area contributed by atoms with Crippen LogP contribution in [0.4, 0.5) is 0 Å². The summed E-state index contributed by atoms with van der Waals surface area (Å²) in [7, 11) is 0. The summed E-state index contributed by atoms with van der Waals surface area (Å²) in [6.07, 6.45) is 4.48. The molecule has 0 bridgehead atoms. The fraction of sp³-hybridized carbons (Fsp3) is 0.0556. The highest BCUT2D eigenvalue weighted by Gasteiger charge is 2.05. The topological polar surface area (TPSA) is 17.1 Å². The van der Waals surface area contributed by atoms with E-state index in [1.54, 1.807) is 17.4 Å². The Hall–Kier alpha value is -1.49. The lowest BCUT2D eigenvalue weighted by atomic mass is 10.1. The molecule has 0 radical (unpaired) electrons. The summed E-state index contributed by atoms with van der Waals surface area (Å²) in [5.74, 6) is 0.0497. The van der Waals surface area contributed by atoms with Gasteiger partial charge in [0.2, 0.25) is 0 Å². The SMILES string of the molecule is O=C(/C=C/c1ccc(Cc2ccccc2)s1)c1cc(Br)cs1. The van der Waals surface area contributed by atoms with E-state index in [0.717, 1.165) is 20.6 Å². The van der Waals surface area contributed by atoms with Crippen molar-refractivity contribution in [2.75, 3.05) is 0 Å². The van der Waals surface area contributed by atoms with E-state index in [1.165, 1.54) is 21.8 Å². The van der Waals surface area contributed by atoms with Gasteiger partial charge in [0.05, 0.1) is 4.88 Å². The van der Waals surface area contributed by atoms with Gasteiger partial charge < -0.3 is 0 Å². The monoisotopic (exact) mass is 388 g/mol. The van der Waals surface area contributed by atoms with Crippen molar-refractivity contribution in [2.24, 2.45) is 0 Å². The van der Waals surface area contributed by atoms with Gasteiger partial charge in [0.15, 0.2) is 5.78 Å². The van der Waals surface area contributed by atoms with Crippen molar-refractivity contribution in [3.05, 3.63) is 84.7 Å². The number of carbonyl (C=O) groups is 1. The van der Waals surface area contributed by atoms with E-state index < -0.39 is 0 Å². The number of ketones is 1. The molecule has 4 heteroatoms. The molecule has 0 N–H and O–H groups in total. The maximum atomic E-state index is 12.0. The summed E-state index contributed by atoms with van der Waals surface area (Å²) in [6, 6.07) is 16.5. The molecule has 0 fully saturated rings. The molecular weight excluding hydrogens is 376 g/mol. The first-order valence-corrected chi connectivity index (χ1v) is 9.29. The van der Waals surface area contributed by atoms with Crippen LogP contribution in [0.1, 0.15) is 25.0 Å². The molecule has 110 valence electrons. The zero-order valence-electron chi connectivity index (χ0n) is 11.7. The molecule has 0 atom stereocenters. The maximum absolute atomic E-state index is 12.0. The van der Waals surface area contributed by atoms with Gasteiger partial charge in [0.1, 0.15) is 0 Å². The molecule has 2 heterocycles. The van der Waals surface area contributed by atoms with Gasteiger partial charge in [-0.1, -0.05) is 30.3 Å². The summed E-state index contributed by atoms with van der Waals surface area (Å²) in [6.45, 7) is 0. The largest absolute Gasteiger partial charge is 0.288 e. The van der Waals surface area contributed by atoms with Crippen molar-refractivity contribution in [1.82, 2.24) is 0 Å². The van der Waals surface area contributed by atoms with Crippen LogP contribution < -0.4 is 0 Å². The number of hydrogen-bond acceptors (Lipinski definition) is 3.